The summed E-state index contributed by atoms with van der Waals surface area (Å²) in [5.41, 5.74) is 6.80. The van der Waals surface area contributed by atoms with Crippen LogP contribution in [0.5, 0.6) is 0 Å². The van der Waals surface area contributed by atoms with Crippen molar-refractivity contribution in [3.63, 3.8) is 0 Å². The van der Waals surface area contributed by atoms with Crippen LogP contribution in [0.2, 0.25) is 0 Å². The molecular formula is C17H21N7O2. The van der Waals surface area contributed by atoms with Crippen molar-refractivity contribution in [1.29, 1.82) is 0 Å². The number of primary amides is 1. The van der Waals surface area contributed by atoms with Gasteiger partial charge in [0.05, 0.1) is 0 Å². The van der Waals surface area contributed by atoms with Crippen LogP contribution < -0.4 is 21.3 Å². The van der Waals surface area contributed by atoms with E-state index in [9.17, 15) is 9.59 Å². The third-order valence-electron chi connectivity index (χ3n) is 4.18. The molecule has 0 bridgehead atoms. The van der Waals surface area contributed by atoms with Gasteiger partial charge in [0.15, 0.2) is 0 Å². The van der Waals surface area contributed by atoms with E-state index in [1.807, 2.05) is 17.0 Å². The van der Waals surface area contributed by atoms with E-state index in [1.54, 1.807) is 12.1 Å². The average Bonchev–Trinajstić information content (AvgIpc) is 2.62. The molecule has 1 fully saturated rings. The van der Waals surface area contributed by atoms with Gasteiger partial charge in [-0.25, -0.2) is 9.97 Å². The Kier molecular flexibility index (Phi) is 5.26. The van der Waals surface area contributed by atoms with E-state index in [-0.39, 0.29) is 17.7 Å². The van der Waals surface area contributed by atoms with Crippen LogP contribution in [0.4, 0.5) is 23.3 Å². The molecule has 2 amide bonds. The molecule has 0 aliphatic carbocycles. The number of nitrogens with one attached hydrogen (secondary N) is 2. The number of piperidine rings is 1. The molecular weight excluding hydrogens is 334 g/mol. The summed E-state index contributed by atoms with van der Waals surface area (Å²) in [6, 6.07) is 7.27. The lowest BCUT2D eigenvalue weighted by atomic mass is 9.96. The number of anilines is 4. The zero-order valence-corrected chi connectivity index (χ0v) is 14.5. The molecule has 2 heterocycles. The van der Waals surface area contributed by atoms with E-state index >= 15 is 0 Å². The Morgan fingerprint density at radius 2 is 1.92 bits per heavy atom. The summed E-state index contributed by atoms with van der Waals surface area (Å²) >= 11 is 0. The van der Waals surface area contributed by atoms with E-state index in [1.165, 1.54) is 13.3 Å². The lowest BCUT2D eigenvalue weighted by Crippen LogP contribution is -2.39. The highest BCUT2D eigenvalue weighted by Crippen LogP contribution is 2.22. The first-order valence-corrected chi connectivity index (χ1v) is 8.39. The minimum absolute atomic E-state index is 0.0813. The van der Waals surface area contributed by atoms with Crippen molar-refractivity contribution in [2.24, 2.45) is 11.7 Å². The molecule has 9 nitrogen and oxygen atoms in total. The normalized spacial score (nSPS) is 14.7. The maximum atomic E-state index is 11.3. The molecule has 0 atom stereocenters. The predicted octanol–water partition coefficient (Wildman–Crippen LogP) is 1.28. The first kappa shape index (κ1) is 17.6. The van der Waals surface area contributed by atoms with Gasteiger partial charge in [-0.05, 0) is 31.0 Å². The van der Waals surface area contributed by atoms with Gasteiger partial charge in [-0.15, -0.1) is 0 Å². The quantitative estimate of drug-likeness (QED) is 0.737. The lowest BCUT2D eigenvalue weighted by Gasteiger charge is -2.30. The van der Waals surface area contributed by atoms with Gasteiger partial charge < -0.3 is 21.3 Å². The van der Waals surface area contributed by atoms with Gasteiger partial charge in [-0.1, -0.05) is 6.07 Å². The van der Waals surface area contributed by atoms with Crippen LogP contribution in [0.15, 0.2) is 30.6 Å². The molecule has 0 saturated carbocycles. The average molecular weight is 355 g/mol. The minimum Gasteiger partial charge on any atom is -0.369 e. The molecule has 1 saturated heterocycles. The van der Waals surface area contributed by atoms with Gasteiger partial charge in [0.1, 0.15) is 6.33 Å². The maximum absolute atomic E-state index is 11.3. The fourth-order valence-corrected chi connectivity index (χ4v) is 2.87. The van der Waals surface area contributed by atoms with Crippen molar-refractivity contribution in [1.82, 2.24) is 15.0 Å². The van der Waals surface area contributed by atoms with Crippen molar-refractivity contribution in [2.45, 2.75) is 19.8 Å². The van der Waals surface area contributed by atoms with Gasteiger partial charge in [-0.3, -0.25) is 9.59 Å². The summed E-state index contributed by atoms with van der Waals surface area (Å²) in [7, 11) is 0. The molecule has 136 valence electrons. The largest absolute Gasteiger partial charge is 0.369 e. The van der Waals surface area contributed by atoms with Crippen LogP contribution in [0, 0.1) is 5.92 Å². The van der Waals surface area contributed by atoms with Crippen LogP contribution in [0.25, 0.3) is 0 Å². The second-order valence-corrected chi connectivity index (χ2v) is 6.16. The first-order chi connectivity index (χ1) is 12.5. The molecule has 9 heteroatoms. The number of amides is 2. The summed E-state index contributed by atoms with van der Waals surface area (Å²) in [4.78, 5) is 37.3. The maximum Gasteiger partial charge on any atom is 0.231 e. The molecule has 1 aliphatic rings. The Labute approximate surface area is 151 Å². The standard InChI is InChI=1S/C17H21N7O2/c1-11(25)21-13-3-2-4-14(9-13)22-16-19-10-20-17(23-16)24-7-5-12(6-8-24)15(18)26/h2-4,9-10,12H,5-8H2,1H3,(H2,18,26)(H,21,25)(H,19,20,22,23). The fraction of sp³-hybridized carbons (Fsp3) is 0.353. The summed E-state index contributed by atoms with van der Waals surface area (Å²) in [5.74, 6) is 0.503. The smallest absolute Gasteiger partial charge is 0.231 e. The van der Waals surface area contributed by atoms with E-state index in [0.29, 0.717) is 43.5 Å². The Morgan fingerprint density at radius 3 is 2.62 bits per heavy atom. The van der Waals surface area contributed by atoms with E-state index < -0.39 is 0 Å². The van der Waals surface area contributed by atoms with Crippen LogP contribution >= 0.6 is 0 Å². The van der Waals surface area contributed by atoms with Gasteiger partial charge in [0.2, 0.25) is 23.7 Å². The number of carbonyl (C=O) groups is 2. The zero-order chi connectivity index (χ0) is 18.5. The number of benzene rings is 1. The third-order valence-corrected chi connectivity index (χ3v) is 4.18. The van der Waals surface area contributed by atoms with E-state index in [2.05, 4.69) is 25.6 Å². The Morgan fingerprint density at radius 1 is 1.19 bits per heavy atom. The number of nitrogens with two attached hydrogens (primary N) is 1. The third kappa shape index (κ3) is 4.44. The van der Waals surface area contributed by atoms with Gasteiger partial charge in [0, 0.05) is 37.3 Å². The van der Waals surface area contributed by atoms with Crippen molar-refractivity contribution >= 4 is 35.1 Å². The zero-order valence-electron chi connectivity index (χ0n) is 14.5. The Balaban J connectivity index is 1.68. The number of hydrogen-bond donors (Lipinski definition) is 3. The van der Waals surface area contributed by atoms with Crippen LogP contribution in [-0.4, -0.2) is 39.9 Å². The molecule has 1 aromatic heterocycles. The second kappa shape index (κ2) is 7.77. The minimum atomic E-state index is -0.248. The number of carbonyl (C=O) groups excluding carboxylic acids is 2. The van der Waals surface area contributed by atoms with Crippen molar-refractivity contribution < 1.29 is 9.59 Å². The number of aromatic nitrogens is 3. The summed E-state index contributed by atoms with van der Waals surface area (Å²) in [5, 5.41) is 5.84. The highest BCUT2D eigenvalue weighted by molar-refractivity contribution is 5.89. The fourth-order valence-electron chi connectivity index (χ4n) is 2.87. The number of nitrogens with zero attached hydrogens (tertiary/aromatic N) is 4. The molecule has 0 radical (unpaired) electrons. The van der Waals surface area contributed by atoms with Gasteiger partial charge in [0.25, 0.3) is 0 Å². The van der Waals surface area contributed by atoms with Crippen LogP contribution in [0.1, 0.15) is 19.8 Å². The molecule has 0 unspecified atom stereocenters. The van der Waals surface area contributed by atoms with Crippen molar-refractivity contribution in [3.8, 4) is 0 Å². The number of rotatable bonds is 5. The van der Waals surface area contributed by atoms with Crippen molar-refractivity contribution in [2.75, 3.05) is 28.6 Å². The first-order valence-electron chi connectivity index (χ1n) is 8.39. The highest BCUT2D eigenvalue weighted by Gasteiger charge is 2.24. The number of hydrogen-bond acceptors (Lipinski definition) is 7. The monoisotopic (exact) mass is 355 g/mol. The molecule has 3 rings (SSSR count). The molecule has 1 aromatic carbocycles. The molecule has 0 spiro atoms. The van der Waals surface area contributed by atoms with Crippen LogP contribution in [-0.2, 0) is 9.59 Å². The Hall–Kier alpha value is -3.23. The molecule has 4 N–H and O–H groups in total. The lowest BCUT2D eigenvalue weighted by molar-refractivity contribution is -0.122. The van der Waals surface area contributed by atoms with Gasteiger partial charge in [-0.2, -0.15) is 4.98 Å². The molecule has 26 heavy (non-hydrogen) atoms. The predicted molar refractivity (Wildman–Crippen MR) is 98.0 cm³/mol. The molecule has 1 aliphatic heterocycles. The topological polar surface area (TPSA) is 126 Å². The second-order valence-electron chi connectivity index (χ2n) is 6.16. The summed E-state index contributed by atoms with van der Waals surface area (Å²) < 4.78 is 0. The highest BCUT2D eigenvalue weighted by atomic mass is 16.1. The SMILES string of the molecule is CC(=O)Nc1cccc(Nc2ncnc(N3CCC(C(N)=O)CC3)n2)c1. The van der Waals surface area contributed by atoms with E-state index in [0.717, 1.165) is 5.69 Å². The van der Waals surface area contributed by atoms with Crippen molar-refractivity contribution in [3.05, 3.63) is 30.6 Å². The van der Waals surface area contributed by atoms with E-state index in [4.69, 9.17) is 5.73 Å². The van der Waals surface area contributed by atoms with Gasteiger partial charge >= 0.3 is 0 Å². The summed E-state index contributed by atoms with van der Waals surface area (Å²) in [6.07, 6.45) is 2.84. The van der Waals surface area contributed by atoms with Crippen LogP contribution in [0.3, 0.4) is 0 Å². The summed E-state index contributed by atoms with van der Waals surface area (Å²) in [6.45, 7) is 2.81. The Bertz CT molecular complexity index is 803. The molecule has 2 aromatic rings.